The minimum absolute atomic E-state index is 0.0509. The molecule has 1 aliphatic heterocycles. The molecule has 0 bridgehead atoms. The quantitative estimate of drug-likeness (QED) is 0.368. The number of ketones is 1. The van der Waals surface area contributed by atoms with Crippen molar-refractivity contribution in [3.8, 4) is 11.5 Å². The summed E-state index contributed by atoms with van der Waals surface area (Å²) in [6.45, 7) is 8.39. The zero-order valence-corrected chi connectivity index (χ0v) is 22.3. The maximum Gasteiger partial charge on any atom is 0.163 e. The zero-order chi connectivity index (χ0) is 26.1. The molecule has 37 heavy (non-hydrogen) atoms. The molecule has 3 aromatic rings. The van der Waals surface area contributed by atoms with E-state index in [0.717, 1.165) is 45.9 Å². The number of allylic oxidation sites excluding steroid dienone is 1. The predicted molar refractivity (Wildman–Crippen MR) is 150 cm³/mol. The number of Topliss-reactive ketones (excluding diaryl/α,β-unsaturated/α-hetero) is 1. The van der Waals surface area contributed by atoms with Gasteiger partial charge >= 0.3 is 0 Å². The highest BCUT2D eigenvalue weighted by molar-refractivity contribution is 6.01. The summed E-state index contributed by atoms with van der Waals surface area (Å²) >= 11 is 0. The fourth-order valence-corrected chi connectivity index (χ4v) is 5.34. The average Bonchev–Trinajstić information content (AvgIpc) is 3.05. The van der Waals surface area contributed by atoms with Gasteiger partial charge in [0.2, 0.25) is 0 Å². The molecule has 1 aliphatic carbocycles. The van der Waals surface area contributed by atoms with Crippen molar-refractivity contribution in [3.05, 3.63) is 94.7 Å². The Morgan fingerprint density at radius 2 is 1.54 bits per heavy atom. The van der Waals surface area contributed by atoms with Gasteiger partial charge in [-0.15, -0.1) is 0 Å². The smallest absolute Gasteiger partial charge is 0.163 e. The standard InChI is InChI=1S/C32H36N2O3/c1-19(2)21-10-12-22(13-11-21)32-31-27(33-25-8-6-7-9-26(25)34-32)16-24(17-28(31)35)23-14-15-29(37-20(3)4)30(18-23)36-5/h6-15,18-20,24,32-34H,16-17H2,1-5H3. The van der Waals surface area contributed by atoms with Crippen LogP contribution in [0.1, 0.15) is 75.1 Å². The predicted octanol–water partition coefficient (Wildman–Crippen LogP) is 7.59. The highest BCUT2D eigenvalue weighted by atomic mass is 16.5. The lowest BCUT2D eigenvalue weighted by Crippen LogP contribution is -2.27. The maximum atomic E-state index is 13.8. The first-order valence-corrected chi connectivity index (χ1v) is 13.2. The number of nitrogens with one attached hydrogen (secondary N) is 2. The second kappa shape index (κ2) is 10.3. The summed E-state index contributed by atoms with van der Waals surface area (Å²) in [5, 5.41) is 7.30. The molecule has 5 heteroatoms. The lowest BCUT2D eigenvalue weighted by Gasteiger charge is -2.30. The molecular weight excluding hydrogens is 460 g/mol. The van der Waals surface area contributed by atoms with E-state index in [1.54, 1.807) is 7.11 Å². The van der Waals surface area contributed by atoms with Crippen LogP contribution in [0.25, 0.3) is 0 Å². The van der Waals surface area contributed by atoms with Gasteiger partial charge in [-0.05, 0) is 73.1 Å². The Balaban J connectivity index is 1.53. The fraction of sp³-hybridized carbons (Fsp3) is 0.344. The zero-order valence-electron chi connectivity index (χ0n) is 22.3. The van der Waals surface area contributed by atoms with E-state index in [4.69, 9.17) is 9.47 Å². The Kier molecular flexibility index (Phi) is 6.96. The second-order valence-corrected chi connectivity index (χ2v) is 10.6. The Bertz CT molecular complexity index is 1320. The normalized spacial score (nSPS) is 19.1. The molecular formula is C32H36N2O3. The van der Waals surface area contributed by atoms with E-state index >= 15 is 0 Å². The summed E-state index contributed by atoms with van der Waals surface area (Å²) < 4.78 is 11.5. The molecule has 0 saturated heterocycles. The molecule has 192 valence electrons. The first-order chi connectivity index (χ1) is 17.8. The van der Waals surface area contributed by atoms with E-state index in [0.29, 0.717) is 18.1 Å². The van der Waals surface area contributed by atoms with Gasteiger partial charge in [0.15, 0.2) is 17.3 Å². The number of rotatable bonds is 6. The van der Waals surface area contributed by atoms with Gasteiger partial charge < -0.3 is 20.1 Å². The van der Waals surface area contributed by atoms with Gasteiger partial charge in [-0.1, -0.05) is 56.3 Å². The van der Waals surface area contributed by atoms with Gasteiger partial charge in [0.1, 0.15) is 0 Å². The highest BCUT2D eigenvalue weighted by Crippen LogP contribution is 2.45. The molecule has 2 N–H and O–H groups in total. The second-order valence-electron chi connectivity index (χ2n) is 10.6. The van der Waals surface area contributed by atoms with Crippen molar-refractivity contribution < 1.29 is 14.3 Å². The number of carbonyl (C=O) groups excluding carboxylic acids is 1. The minimum Gasteiger partial charge on any atom is -0.493 e. The van der Waals surface area contributed by atoms with Crippen LogP contribution < -0.4 is 20.1 Å². The van der Waals surface area contributed by atoms with Crippen molar-refractivity contribution in [1.29, 1.82) is 0 Å². The summed E-state index contributed by atoms with van der Waals surface area (Å²) in [7, 11) is 1.66. The Morgan fingerprint density at radius 3 is 2.22 bits per heavy atom. The number of hydrogen-bond acceptors (Lipinski definition) is 5. The lowest BCUT2D eigenvalue weighted by atomic mass is 9.78. The fourth-order valence-electron chi connectivity index (χ4n) is 5.34. The molecule has 1 heterocycles. The Hall–Kier alpha value is -3.73. The topological polar surface area (TPSA) is 59.6 Å². The van der Waals surface area contributed by atoms with Crippen LogP contribution in [0.4, 0.5) is 11.4 Å². The van der Waals surface area contributed by atoms with Crippen molar-refractivity contribution in [2.24, 2.45) is 0 Å². The summed E-state index contributed by atoms with van der Waals surface area (Å²) in [6.07, 6.45) is 1.25. The number of para-hydroxylation sites is 2. The molecule has 0 saturated carbocycles. The monoisotopic (exact) mass is 496 g/mol. The van der Waals surface area contributed by atoms with Crippen molar-refractivity contribution in [2.75, 3.05) is 17.7 Å². The van der Waals surface area contributed by atoms with Crippen LogP contribution >= 0.6 is 0 Å². The van der Waals surface area contributed by atoms with E-state index in [2.05, 4.69) is 66.9 Å². The highest BCUT2D eigenvalue weighted by Gasteiger charge is 2.36. The van der Waals surface area contributed by atoms with Crippen molar-refractivity contribution in [1.82, 2.24) is 0 Å². The number of ether oxygens (including phenoxy) is 2. The van der Waals surface area contributed by atoms with E-state index in [-0.39, 0.29) is 23.8 Å². The summed E-state index contributed by atoms with van der Waals surface area (Å²) in [6, 6.07) is 22.7. The number of carbonyl (C=O) groups is 1. The van der Waals surface area contributed by atoms with E-state index in [9.17, 15) is 4.79 Å². The van der Waals surface area contributed by atoms with Gasteiger partial charge in [-0.2, -0.15) is 0 Å². The Morgan fingerprint density at radius 1 is 0.838 bits per heavy atom. The molecule has 2 atom stereocenters. The molecule has 0 spiro atoms. The molecule has 0 fully saturated rings. The maximum absolute atomic E-state index is 13.8. The van der Waals surface area contributed by atoms with Crippen LogP contribution in [-0.4, -0.2) is 19.0 Å². The molecule has 2 aliphatic rings. The number of hydrogen-bond donors (Lipinski definition) is 2. The van der Waals surface area contributed by atoms with Crippen molar-refractivity contribution in [3.63, 3.8) is 0 Å². The van der Waals surface area contributed by atoms with E-state index < -0.39 is 0 Å². The van der Waals surface area contributed by atoms with Crippen LogP contribution in [0.15, 0.2) is 78.0 Å². The lowest BCUT2D eigenvalue weighted by molar-refractivity contribution is -0.116. The number of fused-ring (bicyclic) bond motifs is 1. The van der Waals surface area contributed by atoms with Crippen molar-refractivity contribution >= 4 is 17.2 Å². The van der Waals surface area contributed by atoms with Gasteiger partial charge in [-0.3, -0.25) is 4.79 Å². The van der Waals surface area contributed by atoms with Crippen LogP contribution in [0, 0.1) is 0 Å². The minimum atomic E-state index is -0.211. The molecule has 0 aromatic heterocycles. The third-order valence-electron chi connectivity index (χ3n) is 7.27. The summed E-state index contributed by atoms with van der Waals surface area (Å²) in [5.74, 6) is 2.09. The third-order valence-corrected chi connectivity index (χ3v) is 7.27. The van der Waals surface area contributed by atoms with Gasteiger partial charge in [-0.25, -0.2) is 0 Å². The third kappa shape index (κ3) is 5.08. The first-order valence-electron chi connectivity index (χ1n) is 13.2. The summed E-state index contributed by atoms with van der Waals surface area (Å²) in [4.78, 5) is 13.8. The van der Waals surface area contributed by atoms with Crippen LogP contribution in [0.3, 0.4) is 0 Å². The molecule has 0 radical (unpaired) electrons. The number of methoxy groups -OCH3 is 1. The van der Waals surface area contributed by atoms with E-state index in [1.807, 2.05) is 38.1 Å². The average molecular weight is 497 g/mol. The van der Waals surface area contributed by atoms with E-state index in [1.165, 1.54) is 5.56 Å². The SMILES string of the molecule is COc1cc(C2CC(=O)C3=C(C2)Nc2ccccc2NC3c2ccc(C(C)C)cc2)ccc1OC(C)C. The Labute approximate surface area is 219 Å². The van der Waals surface area contributed by atoms with Gasteiger partial charge in [0.25, 0.3) is 0 Å². The molecule has 5 nitrogen and oxygen atoms in total. The van der Waals surface area contributed by atoms with Gasteiger partial charge in [0, 0.05) is 17.7 Å². The number of benzene rings is 3. The largest absolute Gasteiger partial charge is 0.493 e. The number of anilines is 2. The van der Waals surface area contributed by atoms with Crippen LogP contribution in [0.2, 0.25) is 0 Å². The van der Waals surface area contributed by atoms with Crippen molar-refractivity contribution in [2.45, 2.75) is 64.5 Å². The molecule has 3 aromatic carbocycles. The molecule has 2 unspecified atom stereocenters. The van der Waals surface area contributed by atoms with Gasteiger partial charge in [0.05, 0.1) is 30.6 Å². The molecule has 5 rings (SSSR count). The van der Waals surface area contributed by atoms with Crippen LogP contribution in [0.5, 0.6) is 11.5 Å². The summed E-state index contributed by atoms with van der Waals surface area (Å²) in [5.41, 5.74) is 7.27. The first kappa shape index (κ1) is 24.9. The molecule has 0 amide bonds. The van der Waals surface area contributed by atoms with Crippen LogP contribution in [-0.2, 0) is 4.79 Å².